The van der Waals surface area contributed by atoms with Crippen molar-refractivity contribution >= 4 is 55.1 Å². The van der Waals surface area contributed by atoms with E-state index in [1.165, 1.54) is 17.0 Å². The first-order valence-corrected chi connectivity index (χ1v) is 15.7. The minimum absolute atomic E-state index is 0.0447. The van der Waals surface area contributed by atoms with E-state index in [-0.39, 0.29) is 23.3 Å². The maximum absolute atomic E-state index is 14.1. The number of benzene rings is 3. The summed E-state index contributed by atoms with van der Waals surface area (Å²) in [4.78, 5) is 28.8. The monoisotopic (exact) mass is 647 g/mol. The molecule has 0 aliphatic carbocycles. The zero-order chi connectivity index (χ0) is 29.4. The number of halogens is 2. The van der Waals surface area contributed by atoms with Crippen molar-refractivity contribution in [3.63, 3.8) is 0 Å². The van der Waals surface area contributed by atoms with Crippen LogP contribution in [0.15, 0.2) is 82.2 Å². The highest BCUT2D eigenvalue weighted by Crippen LogP contribution is 2.28. The normalized spacial score (nSPS) is 12.2. The number of sulfonamides is 1. The van der Waals surface area contributed by atoms with Crippen molar-refractivity contribution in [2.45, 2.75) is 51.6 Å². The van der Waals surface area contributed by atoms with Gasteiger partial charge in [-0.3, -0.25) is 13.9 Å². The molecule has 0 bridgehead atoms. The average molecular weight is 649 g/mol. The molecular weight excluding hydrogens is 614 g/mol. The van der Waals surface area contributed by atoms with Crippen molar-refractivity contribution < 1.29 is 18.0 Å². The lowest BCUT2D eigenvalue weighted by molar-refractivity contribution is -0.140. The molecule has 40 heavy (non-hydrogen) atoms. The molecule has 3 aromatic rings. The predicted octanol–water partition coefficient (Wildman–Crippen LogP) is 6.19. The van der Waals surface area contributed by atoms with Gasteiger partial charge in [0.2, 0.25) is 11.8 Å². The van der Waals surface area contributed by atoms with Crippen LogP contribution in [0.1, 0.15) is 38.3 Å². The molecule has 0 heterocycles. The summed E-state index contributed by atoms with van der Waals surface area (Å²) in [5, 5.41) is 3.37. The summed E-state index contributed by atoms with van der Waals surface area (Å²) in [5.74, 6) is -0.602. The third-order valence-electron chi connectivity index (χ3n) is 6.35. The van der Waals surface area contributed by atoms with Gasteiger partial charge in [0.05, 0.1) is 10.6 Å². The van der Waals surface area contributed by atoms with Gasteiger partial charge in [0, 0.05) is 22.6 Å². The Morgan fingerprint density at radius 2 is 1.68 bits per heavy atom. The second-order valence-corrected chi connectivity index (χ2v) is 13.2. The highest BCUT2D eigenvalue weighted by Gasteiger charge is 2.34. The fourth-order valence-corrected chi connectivity index (χ4v) is 6.14. The summed E-state index contributed by atoms with van der Waals surface area (Å²) in [6.45, 7) is 7.65. The van der Waals surface area contributed by atoms with E-state index in [1.807, 2.05) is 27.7 Å². The van der Waals surface area contributed by atoms with E-state index >= 15 is 0 Å². The molecule has 3 rings (SSSR count). The Morgan fingerprint density at radius 3 is 2.27 bits per heavy atom. The topological polar surface area (TPSA) is 86.8 Å². The van der Waals surface area contributed by atoms with Gasteiger partial charge in [-0.05, 0) is 61.2 Å². The number of carbonyl (C=O) groups is 2. The fourth-order valence-electron chi connectivity index (χ4n) is 4.15. The second-order valence-electron chi connectivity index (χ2n) is 9.98. The first-order valence-electron chi connectivity index (χ1n) is 13.1. The van der Waals surface area contributed by atoms with Gasteiger partial charge in [-0.2, -0.15) is 0 Å². The fraction of sp³-hybridized carbons (Fsp3) is 0.333. The van der Waals surface area contributed by atoms with Crippen LogP contribution in [0.25, 0.3) is 0 Å². The molecule has 214 valence electrons. The SMILES string of the molecule is CCC(C(=O)NCC(C)C)N(Cc1ccccc1Cl)C(=O)CN(c1cccc(Br)c1)S(=O)(=O)c1ccc(C)cc1. The van der Waals surface area contributed by atoms with Crippen LogP contribution < -0.4 is 9.62 Å². The molecule has 10 heteroatoms. The molecule has 7 nitrogen and oxygen atoms in total. The Hall–Kier alpha value is -2.88. The van der Waals surface area contributed by atoms with Crippen LogP contribution >= 0.6 is 27.5 Å². The van der Waals surface area contributed by atoms with Crippen molar-refractivity contribution in [2.75, 3.05) is 17.4 Å². The Kier molecular flexibility index (Phi) is 11.2. The summed E-state index contributed by atoms with van der Waals surface area (Å²) >= 11 is 9.85. The number of anilines is 1. The Bertz CT molecular complexity index is 1430. The zero-order valence-electron chi connectivity index (χ0n) is 23.1. The van der Waals surface area contributed by atoms with Gasteiger partial charge in [0.1, 0.15) is 12.6 Å². The lowest BCUT2D eigenvalue weighted by atomic mass is 10.1. The van der Waals surface area contributed by atoms with Gasteiger partial charge in [-0.15, -0.1) is 0 Å². The molecule has 2 amide bonds. The quantitative estimate of drug-likeness (QED) is 0.254. The molecule has 1 unspecified atom stereocenters. The molecule has 0 aromatic heterocycles. The summed E-state index contributed by atoms with van der Waals surface area (Å²) in [6, 6.07) is 19.5. The molecular formula is C30H35BrClN3O4S. The molecule has 0 saturated heterocycles. The van der Waals surface area contributed by atoms with Crippen molar-refractivity contribution in [1.29, 1.82) is 0 Å². The third-order valence-corrected chi connectivity index (χ3v) is 9.00. The number of rotatable bonds is 12. The van der Waals surface area contributed by atoms with Crippen molar-refractivity contribution in [3.05, 3.63) is 93.4 Å². The van der Waals surface area contributed by atoms with Crippen LogP contribution in [0.2, 0.25) is 5.02 Å². The van der Waals surface area contributed by atoms with Gasteiger partial charge in [0.25, 0.3) is 10.0 Å². The number of carbonyl (C=O) groups excluding carboxylic acids is 2. The lowest BCUT2D eigenvalue weighted by Gasteiger charge is -2.33. The second kappa shape index (κ2) is 14.1. The number of nitrogens with zero attached hydrogens (tertiary/aromatic N) is 2. The lowest BCUT2D eigenvalue weighted by Crippen LogP contribution is -2.52. The van der Waals surface area contributed by atoms with E-state index in [4.69, 9.17) is 11.6 Å². The number of aryl methyl sites for hydroxylation is 1. The number of amides is 2. The molecule has 0 spiro atoms. The maximum Gasteiger partial charge on any atom is 0.264 e. The molecule has 0 aliphatic rings. The van der Waals surface area contributed by atoms with Gasteiger partial charge >= 0.3 is 0 Å². The molecule has 0 aliphatic heterocycles. The molecule has 0 fully saturated rings. The number of nitrogens with one attached hydrogen (secondary N) is 1. The van der Waals surface area contributed by atoms with E-state index in [1.54, 1.807) is 60.7 Å². The van der Waals surface area contributed by atoms with E-state index < -0.39 is 28.5 Å². The minimum Gasteiger partial charge on any atom is -0.354 e. The molecule has 0 saturated carbocycles. The van der Waals surface area contributed by atoms with E-state index in [0.717, 1.165) is 9.87 Å². The third kappa shape index (κ3) is 8.08. The Labute approximate surface area is 250 Å². The van der Waals surface area contributed by atoms with E-state index in [0.29, 0.717) is 33.7 Å². The Morgan fingerprint density at radius 1 is 1.00 bits per heavy atom. The van der Waals surface area contributed by atoms with Gasteiger partial charge in [0.15, 0.2) is 0 Å². The van der Waals surface area contributed by atoms with Crippen LogP contribution in [0.3, 0.4) is 0 Å². The summed E-state index contributed by atoms with van der Waals surface area (Å²) in [5.41, 5.74) is 1.88. The molecule has 1 N–H and O–H groups in total. The number of hydrogen-bond acceptors (Lipinski definition) is 4. The van der Waals surface area contributed by atoms with E-state index in [2.05, 4.69) is 21.2 Å². The van der Waals surface area contributed by atoms with Crippen molar-refractivity contribution in [2.24, 2.45) is 5.92 Å². The zero-order valence-corrected chi connectivity index (χ0v) is 26.3. The van der Waals surface area contributed by atoms with Crippen molar-refractivity contribution in [1.82, 2.24) is 10.2 Å². The largest absolute Gasteiger partial charge is 0.354 e. The number of hydrogen-bond donors (Lipinski definition) is 1. The van der Waals surface area contributed by atoms with Gasteiger partial charge in [-0.1, -0.05) is 90.3 Å². The summed E-state index contributed by atoms with van der Waals surface area (Å²) < 4.78 is 29.6. The highest BCUT2D eigenvalue weighted by molar-refractivity contribution is 9.10. The van der Waals surface area contributed by atoms with Gasteiger partial charge in [-0.25, -0.2) is 8.42 Å². The molecule has 0 radical (unpaired) electrons. The average Bonchev–Trinajstić information content (AvgIpc) is 2.91. The van der Waals surface area contributed by atoms with Crippen LogP contribution in [0.4, 0.5) is 5.69 Å². The van der Waals surface area contributed by atoms with Crippen LogP contribution in [0, 0.1) is 12.8 Å². The predicted molar refractivity (Wildman–Crippen MR) is 164 cm³/mol. The smallest absolute Gasteiger partial charge is 0.264 e. The van der Waals surface area contributed by atoms with Crippen LogP contribution in [-0.4, -0.2) is 44.3 Å². The van der Waals surface area contributed by atoms with Crippen LogP contribution in [-0.2, 0) is 26.2 Å². The van der Waals surface area contributed by atoms with Gasteiger partial charge < -0.3 is 10.2 Å². The Balaban J connectivity index is 2.06. The van der Waals surface area contributed by atoms with E-state index in [9.17, 15) is 18.0 Å². The first kappa shape index (κ1) is 31.6. The maximum atomic E-state index is 14.1. The molecule has 3 aromatic carbocycles. The first-order chi connectivity index (χ1) is 18.9. The standard InChI is InChI=1S/C30H35BrClN3O4S/c1-5-28(30(37)33-18-21(2)3)34(19-23-9-6-7-12-27(23)32)29(36)20-35(25-11-8-10-24(31)17-25)40(38,39)26-15-13-22(4)14-16-26/h6-17,21,28H,5,18-20H2,1-4H3,(H,33,37). The summed E-state index contributed by atoms with van der Waals surface area (Å²) in [7, 11) is -4.13. The summed E-state index contributed by atoms with van der Waals surface area (Å²) in [6.07, 6.45) is 0.335. The minimum atomic E-state index is -4.13. The van der Waals surface area contributed by atoms with Crippen LogP contribution in [0.5, 0.6) is 0 Å². The molecule has 1 atom stereocenters. The highest BCUT2D eigenvalue weighted by atomic mass is 79.9. The van der Waals surface area contributed by atoms with Crippen molar-refractivity contribution in [3.8, 4) is 0 Å².